The van der Waals surface area contributed by atoms with Crippen molar-refractivity contribution in [2.45, 2.75) is 6.92 Å². The van der Waals surface area contributed by atoms with Gasteiger partial charge in [0.05, 0.1) is 17.6 Å². The quantitative estimate of drug-likeness (QED) is 0.585. The van der Waals surface area contributed by atoms with Crippen molar-refractivity contribution in [3.8, 4) is 0 Å². The first-order valence-corrected chi connectivity index (χ1v) is 5.43. The van der Waals surface area contributed by atoms with Gasteiger partial charge in [-0.25, -0.2) is 0 Å². The van der Waals surface area contributed by atoms with Gasteiger partial charge < -0.3 is 4.57 Å². The molecule has 0 bridgehead atoms. The zero-order valence-corrected chi connectivity index (χ0v) is 9.92. The molecule has 0 amide bonds. The van der Waals surface area contributed by atoms with Crippen LogP contribution in [0.15, 0.2) is 47.6 Å². The molecule has 0 aliphatic carbocycles. The fourth-order valence-electron chi connectivity index (χ4n) is 1.56. The third-order valence-corrected chi connectivity index (χ3v) is 2.55. The van der Waals surface area contributed by atoms with Crippen molar-refractivity contribution < 1.29 is 4.79 Å². The Balaban J connectivity index is 2.24. The highest BCUT2D eigenvalue weighted by Crippen LogP contribution is 2.11. The molecule has 86 valence electrons. The molecular weight excluding hydrogens is 212 g/mol. The number of aryl methyl sites for hydroxylation is 1. The number of carbonyl (C=O) groups excluding carboxylic acids is 1. The fourth-order valence-corrected chi connectivity index (χ4v) is 1.56. The van der Waals surface area contributed by atoms with Gasteiger partial charge in [-0.2, -0.15) is 0 Å². The Morgan fingerprint density at radius 2 is 2.00 bits per heavy atom. The summed E-state index contributed by atoms with van der Waals surface area (Å²) in [6.45, 7) is 1.56. The van der Waals surface area contributed by atoms with E-state index in [4.69, 9.17) is 0 Å². The lowest BCUT2D eigenvalue weighted by Crippen LogP contribution is -1.92. The molecule has 1 aromatic carbocycles. The van der Waals surface area contributed by atoms with Crippen molar-refractivity contribution >= 4 is 17.7 Å². The van der Waals surface area contributed by atoms with E-state index in [1.165, 1.54) is 0 Å². The van der Waals surface area contributed by atoms with E-state index in [1.54, 1.807) is 13.1 Å². The van der Waals surface area contributed by atoms with Crippen molar-refractivity contribution in [2.24, 2.45) is 12.0 Å². The average molecular weight is 226 g/mol. The highest BCUT2D eigenvalue weighted by Gasteiger charge is 2.04. The number of aliphatic imine (C=N–C) groups is 1. The summed E-state index contributed by atoms with van der Waals surface area (Å²) in [6.07, 6.45) is 3.58. The van der Waals surface area contributed by atoms with Crippen LogP contribution in [0.5, 0.6) is 0 Å². The van der Waals surface area contributed by atoms with Crippen LogP contribution in [0.2, 0.25) is 0 Å². The smallest absolute Gasteiger partial charge is 0.161 e. The summed E-state index contributed by atoms with van der Waals surface area (Å²) in [7, 11) is 1.90. The molecule has 3 nitrogen and oxygen atoms in total. The summed E-state index contributed by atoms with van der Waals surface area (Å²) in [5, 5.41) is 0. The topological polar surface area (TPSA) is 34.4 Å². The van der Waals surface area contributed by atoms with E-state index in [0.717, 1.165) is 11.4 Å². The number of aromatic nitrogens is 1. The molecule has 1 heterocycles. The molecule has 1 aromatic heterocycles. The summed E-state index contributed by atoms with van der Waals surface area (Å²) in [6, 6.07) is 11.6. The van der Waals surface area contributed by atoms with E-state index >= 15 is 0 Å². The van der Waals surface area contributed by atoms with Crippen molar-refractivity contribution in [3.63, 3.8) is 0 Å². The van der Waals surface area contributed by atoms with Crippen molar-refractivity contribution in [1.82, 2.24) is 4.57 Å². The SMILES string of the molecule is CC(=O)c1cc(C=Nc2ccccc2)n(C)c1. The van der Waals surface area contributed by atoms with Gasteiger partial charge in [0.1, 0.15) is 0 Å². The molecule has 0 unspecified atom stereocenters. The predicted molar refractivity (Wildman–Crippen MR) is 69.1 cm³/mol. The van der Waals surface area contributed by atoms with Crippen molar-refractivity contribution in [2.75, 3.05) is 0 Å². The maximum Gasteiger partial charge on any atom is 0.161 e. The number of ketones is 1. The lowest BCUT2D eigenvalue weighted by atomic mass is 10.2. The minimum atomic E-state index is 0.0694. The molecule has 0 saturated carbocycles. The van der Waals surface area contributed by atoms with Gasteiger partial charge in [-0.05, 0) is 25.1 Å². The van der Waals surface area contributed by atoms with Gasteiger partial charge in [0.2, 0.25) is 0 Å². The Bertz CT molecular complexity index is 553. The summed E-state index contributed by atoms with van der Waals surface area (Å²) < 4.78 is 1.89. The second-order valence-electron chi connectivity index (χ2n) is 3.91. The highest BCUT2D eigenvalue weighted by molar-refractivity contribution is 5.96. The maximum atomic E-state index is 11.2. The lowest BCUT2D eigenvalue weighted by molar-refractivity contribution is 0.101. The van der Waals surface area contributed by atoms with Gasteiger partial charge in [-0.1, -0.05) is 18.2 Å². The van der Waals surface area contributed by atoms with Crippen LogP contribution in [-0.2, 0) is 7.05 Å². The third kappa shape index (κ3) is 2.69. The first-order valence-electron chi connectivity index (χ1n) is 5.43. The number of benzene rings is 1. The van der Waals surface area contributed by atoms with Crippen LogP contribution in [-0.4, -0.2) is 16.6 Å². The summed E-state index contributed by atoms with van der Waals surface area (Å²) in [5.41, 5.74) is 2.53. The van der Waals surface area contributed by atoms with E-state index in [1.807, 2.05) is 54.2 Å². The van der Waals surface area contributed by atoms with E-state index in [0.29, 0.717) is 5.56 Å². The first-order chi connectivity index (χ1) is 8.16. The number of carbonyl (C=O) groups is 1. The Labute approximate surface area is 100 Å². The molecule has 3 heteroatoms. The van der Waals surface area contributed by atoms with Crippen molar-refractivity contribution in [1.29, 1.82) is 0 Å². The Kier molecular flexibility index (Phi) is 3.19. The molecule has 2 rings (SSSR count). The van der Waals surface area contributed by atoms with Crippen molar-refractivity contribution in [3.05, 3.63) is 53.9 Å². The van der Waals surface area contributed by atoms with Gasteiger partial charge in [0.15, 0.2) is 5.78 Å². The second kappa shape index (κ2) is 4.78. The summed E-state index contributed by atoms with van der Waals surface area (Å²) >= 11 is 0. The lowest BCUT2D eigenvalue weighted by Gasteiger charge is -1.95. The Hall–Kier alpha value is -2.16. The van der Waals surface area contributed by atoms with Crippen LogP contribution in [0.1, 0.15) is 23.0 Å². The van der Waals surface area contributed by atoms with Crippen LogP contribution in [0, 0.1) is 0 Å². The first kappa shape index (κ1) is 11.3. The number of para-hydroxylation sites is 1. The molecule has 0 spiro atoms. The van der Waals surface area contributed by atoms with E-state index in [9.17, 15) is 4.79 Å². The number of Topliss-reactive ketones (excluding diaryl/α,β-unsaturated/α-hetero) is 1. The minimum Gasteiger partial charge on any atom is -0.349 e. The number of nitrogens with zero attached hydrogens (tertiary/aromatic N) is 2. The molecule has 0 aliphatic rings. The van der Waals surface area contributed by atoms with Crippen LogP contribution >= 0.6 is 0 Å². The van der Waals surface area contributed by atoms with Crippen LogP contribution in [0.3, 0.4) is 0 Å². The van der Waals surface area contributed by atoms with Crippen LogP contribution in [0.4, 0.5) is 5.69 Å². The van der Waals surface area contributed by atoms with E-state index in [2.05, 4.69) is 4.99 Å². The number of rotatable bonds is 3. The molecule has 0 saturated heterocycles. The highest BCUT2D eigenvalue weighted by atomic mass is 16.1. The molecule has 0 radical (unpaired) electrons. The average Bonchev–Trinajstić information content (AvgIpc) is 2.70. The number of hydrogen-bond acceptors (Lipinski definition) is 2. The van der Waals surface area contributed by atoms with Gasteiger partial charge in [0.25, 0.3) is 0 Å². The second-order valence-corrected chi connectivity index (χ2v) is 3.91. The predicted octanol–water partition coefficient (Wildman–Crippen LogP) is 2.98. The molecule has 0 N–H and O–H groups in total. The summed E-state index contributed by atoms with van der Waals surface area (Å²) in [4.78, 5) is 15.6. The van der Waals surface area contributed by atoms with E-state index in [-0.39, 0.29) is 5.78 Å². The molecule has 0 atom stereocenters. The summed E-state index contributed by atoms with van der Waals surface area (Å²) in [5.74, 6) is 0.0694. The minimum absolute atomic E-state index is 0.0694. The zero-order valence-electron chi connectivity index (χ0n) is 9.92. The zero-order chi connectivity index (χ0) is 12.3. The number of hydrogen-bond donors (Lipinski definition) is 0. The maximum absolute atomic E-state index is 11.2. The Morgan fingerprint density at radius 3 is 2.59 bits per heavy atom. The van der Waals surface area contributed by atoms with Gasteiger partial charge in [-0.3, -0.25) is 9.79 Å². The van der Waals surface area contributed by atoms with Gasteiger partial charge in [-0.15, -0.1) is 0 Å². The monoisotopic (exact) mass is 226 g/mol. The van der Waals surface area contributed by atoms with Gasteiger partial charge in [0, 0.05) is 18.8 Å². The fraction of sp³-hybridized carbons (Fsp3) is 0.143. The molecular formula is C14H14N2O. The molecule has 0 aliphatic heterocycles. The molecule has 17 heavy (non-hydrogen) atoms. The largest absolute Gasteiger partial charge is 0.349 e. The third-order valence-electron chi connectivity index (χ3n) is 2.55. The Morgan fingerprint density at radius 1 is 1.29 bits per heavy atom. The van der Waals surface area contributed by atoms with E-state index < -0.39 is 0 Å². The van der Waals surface area contributed by atoms with Gasteiger partial charge >= 0.3 is 0 Å². The molecule has 0 fully saturated rings. The van der Waals surface area contributed by atoms with Crippen LogP contribution < -0.4 is 0 Å². The molecule has 2 aromatic rings. The normalized spacial score (nSPS) is 10.9. The van der Waals surface area contributed by atoms with Crippen LogP contribution in [0.25, 0.3) is 0 Å². The standard InChI is InChI=1S/C14H14N2O/c1-11(17)12-8-14(16(2)10-12)9-15-13-6-4-3-5-7-13/h3-10H,1-2H3.